The molecule has 0 aromatic rings. The normalized spacial score (nSPS) is 22.2. The zero-order valence-corrected chi connectivity index (χ0v) is 9.82. The summed E-state index contributed by atoms with van der Waals surface area (Å²) < 4.78 is 0. The van der Waals surface area contributed by atoms with Crippen LogP contribution in [0.5, 0.6) is 0 Å². The van der Waals surface area contributed by atoms with E-state index in [9.17, 15) is 4.79 Å². The summed E-state index contributed by atoms with van der Waals surface area (Å²) >= 11 is 0. The molecular formula is C12H21N3O. The maximum Gasteiger partial charge on any atom is 0.224 e. The highest BCUT2D eigenvalue weighted by molar-refractivity contribution is 5.85. The zero-order chi connectivity index (χ0) is 11.4. The number of carbonyl (C=O) groups is 1. The van der Waals surface area contributed by atoms with E-state index in [2.05, 4.69) is 4.99 Å². The number of nitrogens with zero attached hydrogens (tertiary/aromatic N) is 2. The minimum absolute atomic E-state index is 0.243. The first-order valence-electron chi connectivity index (χ1n) is 6.35. The molecular weight excluding hydrogens is 202 g/mol. The van der Waals surface area contributed by atoms with Gasteiger partial charge in [-0.05, 0) is 32.1 Å². The zero-order valence-electron chi connectivity index (χ0n) is 9.82. The van der Waals surface area contributed by atoms with Crippen LogP contribution in [0, 0.1) is 5.92 Å². The second kappa shape index (κ2) is 5.32. The predicted molar refractivity (Wildman–Crippen MR) is 64.3 cm³/mol. The third-order valence-corrected chi connectivity index (χ3v) is 3.32. The quantitative estimate of drug-likeness (QED) is 0.574. The molecule has 2 N–H and O–H groups in total. The molecule has 90 valence electrons. The van der Waals surface area contributed by atoms with Crippen molar-refractivity contribution in [2.75, 3.05) is 19.6 Å². The van der Waals surface area contributed by atoms with Crippen LogP contribution in [-0.4, -0.2) is 36.3 Å². The van der Waals surface area contributed by atoms with Crippen molar-refractivity contribution in [1.82, 2.24) is 4.90 Å². The number of likely N-dealkylation sites (tertiary alicyclic amines) is 1. The van der Waals surface area contributed by atoms with Crippen LogP contribution in [0.15, 0.2) is 4.99 Å². The number of rotatable bonds is 4. The highest BCUT2D eigenvalue weighted by Gasteiger charge is 2.25. The molecule has 1 aliphatic carbocycles. The van der Waals surface area contributed by atoms with Gasteiger partial charge in [0.2, 0.25) is 5.91 Å². The van der Waals surface area contributed by atoms with Crippen LogP contribution in [0.2, 0.25) is 0 Å². The SMILES string of the molecule is NC(=NCCC(=O)N1CCCCC1)C1CC1. The van der Waals surface area contributed by atoms with E-state index in [1.165, 1.54) is 19.3 Å². The maximum absolute atomic E-state index is 11.8. The fourth-order valence-corrected chi connectivity index (χ4v) is 2.09. The number of nitrogens with two attached hydrogens (primary N) is 1. The van der Waals surface area contributed by atoms with E-state index >= 15 is 0 Å². The summed E-state index contributed by atoms with van der Waals surface area (Å²) in [5.41, 5.74) is 5.77. The van der Waals surface area contributed by atoms with E-state index < -0.39 is 0 Å². The van der Waals surface area contributed by atoms with Crippen LogP contribution in [0.1, 0.15) is 38.5 Å². The van der Waals surface area contributed by atoms with Gasteiger partial charge in [-0.25, -0.2) is 0 Å². The molecule has 1 amide bonds. The number of carbonyl (C=O) groups excluding carboxylic acids is 1. The van der Waals surface area contributed by atoms with Gasteiger partial charge in [0, 0.05) is 32.0 Å². The highest BCUT2D eigenvalue weighted by Crippen LogP contribution is 2.28. The van der Waals surface area contributed by atoms with Crippen LogP contribution in [0.4, 0.5) is 0 Å². The van der Waals surface area contributed by atoms with E-state index in [0.29, 0.717) is 18.9 Å². The molecule has 1 saturated heterocycles. The molecule has 4 nitrogen and oxygen atoms in total. The molecule has 0 radical (unpaired) electrons. The van der Waals surface area contributed by atoms with Gasteiger partial charge in [0.1, 0.15) is 0 Å². The van der Waals surface area contributed by atoms with E-state index in [0.717, 1.165) is 31.8 Å². The summed E-state index contributed by atoms with van der Waals surface area (Å²) in [5, 5.41) is 0. The average molecular weight is 223 g/mol. The molecule has 4 heteroatoms. The van der Waals surface area contributed by atoms with E-state index in [4.69, 9.17) is 5.73 Å². The van der Waals surface area contributed by atoms with Crippen LogP contribution < -0.4 is 5.73 Å². The Bertz CT molecular complexity index is 278. The van der Waals surface area contributed by atoms with Crippen molar-refractivity contribution in [3.8, 4) is 0 Å². The van der Waals surface area contributed by atoms with Crippen LogP contribution in [0.25, 0.3) is 0 Å². The number of amidine groups is 1. The van der Waals surface area contributed by atoms with Gasteiger partial charge >= 0.3 is 0 Å². The van der Waals surface area contributed by atoms with Gasteiger partial charge in [-0.3, -0.25) is 9.79 Å². The van der Waals surface area contributed by atoms with Gasteiger partial charge in [-0.1, -0.05) is 0 Å². The van der Waals surface area contributed by atoms with E-state index in [-0.39, 0.29) is 5.91 Å². The smallest absolute Gasteiger partial charge is 0.224 e. The molecule has 0 aromatic carbocycles. The Morgan fingerprint density at radius 1 is 1.25 bits per heavy atom. The molecule has 2 aliphatic rings. The topological polar surface area (TPSA) is 58.7 Å². The Morgan fingerprint density at radius 2 is 1.94 bits per heavy atom. The summed E-state index contributed by atoms with van der Waals surface area (Å²) in [6.45, 7) is 2.43. The van der Waals surface area contributed by atoms with Gasteiger partial charge < -0.3 is 10.6 Å². The Labute approximate surface area is 96.9 Å². The van der Waals surface area contributed by atoms with Gasteiger partial charge in [-0.2, -0.15) is 0 Å². The summed E-state index contributed by atoms with van der Waals surface area (Å²) in [6.07, 6.45) is 6.44. The van der Waals surface area contributed by atoms with Crippen molar-refractivity contribution in [2.24, 2.45) is 16.6 Å². The summed E-state index contributed by atoms with van der Waals surface area (Å²) in [5.74, 6) is 1.52. The fraction of sp³-hybridized carbons (Fsp3) is 0.833. The highest BCUT2D eigenvalue weighted by atomic mass is 16.2. The van der Waals surface area contributed by atoms with Gasteiger partial charge in [0.05, 0.1) is 5.84 Å². The first-order chi connectivity index (χ1) is 7.77. The summed E-state index contributed by atoms with van der Waals surface area (Å²) in [4.78, 5) is 18.0. The lowest BCUT2D eigenvalue weighted by Gasteiger charge is -2.26. The van der Waals surface area contributed by atoms with Crippen molar-refractivity contribution in [2.45, 2.75) is 38.5 Å². The lowest BCUT2D eigenvalue weighted by molar-refractivity contribution is -0.131. The standard InChI is InChI=1S/C12H21N3O/c13-12(10-4-5-10)14-7-6-11(16)15-8-2-1-3-9-15/h10H,1-9H2,(H2,13,14). The second-order valence-corrected chi connectivity index (χ2v) is 4.77. The molecule has 1 saturated carbocycles. The molecule has 0 atom stereocenters. The minimum atomic E-state index is 0.243. The molecule has 2 rings (SSSR count). The Balaban J connectivity index is 1.68. The van der Waals surface area contributed by atoms with Gasteiger partial charge in [-0.15, -0.1) is 0 Å². The maximum atomic E-state index is 11.8. The summed E-state index contributed by atoms with van der Waals surface area (Å²) in [7, 11) is 0. The number of amides is 1. The van der Waals surface area contributed by atoms with Gasteiger partial charge in [0.15, 0.2) is 0 Å². The number of hydrogen-bond acceptors (Lipinski definition) is 2. The van der Waals surface area contributed by atoms with E-state index in [1.54, 1.807) is 0 Å². The van der Waals surface area contributed by atoms with Crippen LogP contribution in [-0.2, 0) is 4.79 Å². The molecule has 1 aliphatic heterocycles. The number of hydrogen-bond donors (Lipinski definition) is 1. The molecule has 1 heterocycles. The predicted octanol–water partition coefficient (Wildman–Crippen LogP) is 1.16. The Hall–Kier alpha value is -1.06. The Kier molecular flexibility index (Phi) is 3.80. The average Bonchev–Trinajstić information content (AvgIpc) is 3.14. The molecule has 16 heavy (non-hydrogen) atoms. The fourth-order valence-electron chi connectivity index (χ4n) is 2.09. The molecule has 0 unspecified atom stereocenters. The molecule has 0 aromatic heterocycles. The minimum Gasteiger partial charge on any atom is -0.387 e. The molecule has 0 spiro atoms. The van der Waals surface area contributed by atoms with Crippen LogP contribution >= 0.6 is 0 Å². The van der Waals surface area contributed by atoms with Gasteiger partial charge in [0.25, 0.3) is 0 Å². The number of aliphatic imine (C=N–C) groups is 1. The van der Waals surface area contributed by atoms with Crippen molar-refractivity contribution in [1.29, 1.82) is 0 Å². The largest absolute Gasteiger partial charge is 0.387 e. The number of piperidine rings is 1. The third-order valence-electron chi connectivity index (χ3n) is 3.32. The molecule has 2 fully saturated rings. The van der Waals surface area contributed by atoms with Crippen molar-refractivity contribution in [3.05, 3.63) is 0 Å². The first kappa shape index (κ1) is 11.4. The monoisotopic (exact) mass is 223 g/mol. The molecule has 0 bridgehead atoms. The lowest BCUT2D eigenvalue weighted by atomic mass is 10.1. The second-order valence-electron chi connectivity index (χ2n) is 4.77. The lowest BCUT2D eigenvalue weighted by Crippen LogP contribution is -2.35. The van der Waals surface area contributed by atoms with Crippen LogP contribution in [0.3, 0.4) is 0 Å². The van der Waals surface area contributed by atoms with Crippen molar-refractivity contribution < 1.29 is 4.79 Å². The summed E-state index contributed by atoms with van der Waals surface area (Å²) in [6, 6.07) is 0. The Morgan fingerprint density at radius 3 is 2.56 bits per heavy atom. The van der Waals surface area contributed by atoms with Crippen molar-refractivity contribution >= 4 is 11.7 Å². The van der Waals surface area contributed by atoms with Crippen molar-refractivity contribution in [3.63, 3.8) is 0 Å². The first-order valence-corrected chi connectivity index (χ1v) is 6.35. The third kappa shape index (κ3) is 3.22. The van der Waals surface area contributed by atoms with E-state index in [1.807, 2.05) is 4.90 Å².